The molecule has 1 fully saturated rings. The lowest BCUT2D eigenvalue weighted by Gasteiger charge is -2.31. The molecule has 0 aromatic carbocycles. The van der Waals surface area contributed by atoms with E-state index < -0.39 is 11.5 Å². The van der Waals surface area contributed by atoms with Gasteiger partial charge >= 0.3 is 5.97 Å². The van der Waals surface area contributed by atoms with Crippen LogP contribution in [-0.4, -0.2) is 36.4 Å². The topological polar surface area (TPSA) is 58.6 Å². The first-order chi connectivity index (χ1) is 8.08. The van der Waals surface area contributed by atoms with Crippen molar-refractivity contribution in [3.63, 3.8) is 0 Å². The maximum Gasteiger partial charge on any atom is 0.323 e. The van der Waals surface area contributed by atoms with Gasteiger partial charge in [-0.05, 0) is 26.2 Å². The SMILES string of the molecule is COCCC(C)(NC1CCCCCC1)C(=O)O. The number of hydrogen-bond acceptors (Lipinski definition) is 3. The zero-order valence-corrected chi connectivity index (χ0v) is 11.0. The highest BCUT2D eigenvalue weighted by Crippen LogP contribution is 2.21. The van der Waals surface area contributed by atoms with E-state index in [1.165, 1.54) is 25.7 Å². The van der Waals surface area contributed by atoms with Gasteiger partial charge in [0.25, 0.3) is 0 Å². The van der Waals surface area contributed by atoms with E-state index in [0.29, 0.717) is 19.1 Å². The number of methoxy groups -OCH3 is 1. The van der Waals surface area contributed by atoms with Gasteiger partial charge in [0.2, 0.25) is 0 Å². The van der Waals surface area contributed by atoms with E-state index in [2.05, 4.69) is 5.32 Å². The lowest BCUT2D eigenvalue weighted by atomic mass is 9.95. The van der Waals surface area contributed by atoms with Crippen LogP contribution < -0.4 is 5.32 Å². The molecule has 4 heteroatoms. The predicted octanol–water partition coefficient (Wildman–Crippen LogP) is 2.18. The van der Waals surface area contributed by atoms with Gasteiger partial charge in [-0.3, -0.25) is 10.1 Å². The Kier molecular flexibility index (Phi) is 5.92. The van der Waals surface area contributed by atoms with Gasteiger partial charge in [-0.15, -0.1) is 0 Å². The van der Waals surface area contributed by atoms with E-state index in [-0.39, 0.29) is 0 Å². The molecule has 0 saturated heterocycles. The molecule has 1 rings (SSSR count). The van der Waals surface area contributed by atoms with E-state index in [1.54, 1.807) is 14.0 Å². The van der Waals surface area contributed by atoms with Crippen molar-refractivity contribution < 1.29 is 14.6 Å². The summed E-state index contributed by atoms with van der Waals surface area (Å²) in [6.07, 6.45) is 7.66. The molecule has 2 N–H and O–H groups in total. The maximum absolute atomic E-state index is 11.4. The Morgan fingerprint density at radius 1 is 1.35 bits per heavy atom. The van der Waals surface area contributed by atoms with Gasteiger partial charge in [-0.2, -0.15) is 0 Å². The number of carbonyl (C=O) groups is 1. The Hall–Kier alpha value is -0.610. The first-order valence-electron chi connectivity index (χ1n) is 6.58. The standard InChI is InChI=1S/C13H25NO3/c1-13(12(15)16,9-10-17-2)14-11-7-5-3-4-6-8-11/h11,14H,3-10H2,1-2H3,(H,15,16). The zero-order valence-electron chi connectivity index (χ0n) is 11.0. The van der Waals surface area contributed by atoms with Crippen LogP contribution in [0.15, 0.2) is 0 Å². The molecule has 100 valence electrons. The van der Waals surface area contributed by atoms with Crippen LogP contribution >= 0.6 is 0 Å². The Labute approximate surface area is 104 Å². The summed E-state index contributed by atoms with van der Waals surface area (Å²) in [6.45, 7) is 2.24. The molecule has 1 aliphatic rings. The third-order valence-corrected chi connectivity index (χ3v) is 3.66. The molecule has 0 spiro atoms. The van der Waals surface area contributed by atoms with E-state index >= 15 is 0 Å². The van der Waals surface area contributed by atoms with Gasteiger partial charge in [0, 0.05) is 19.8 Å². The number of carboxylic acids is 1. The minimum Gasteiger partial charge on any atom is -0.480 e. The summed E-state index contributed by atoms with van der Waals surface area (Å²) in [5.41, 5.74) is -0.856. The van der Waals surface area contributed by atoms with E-state index in [1.807, 2.05) is 0 Å². The van der Waals surface area contributed by atoms with Crippen LogP contribution in [-0.2, 0) is 9.53 Å². The van der Waals surface area contributed by atoms with Crippen LogP contribution in [0, 0.1) is 0 Å². The highest BCUT2D eigenvalue weighted by Gasteiger charge is 2.34. The van der Waals surface area contributed by atoms with Crippen LogP contribution in [0.3, 0.4) is 0 Å². The second-order valence-electron chi connectivity index (χ2n) is 5.21. The molecule has 0 heterocycles. The third kappa shape index (κ3) is 4.64. The van der Waals surface area contributed by atoms with Crippen molar-refractivity contribution >= 4 is 5.97 Å². The third-order valence-electron chi connectivity index (χ3n) is 3.66. The first-order valence-corrected chi connectivity index (χ1v) is 6.58. The predicted molar refractivity (Wildman–Crippen MR) is 67.2 cm³/mol. The summed E-state index contributed by atoms with van der Waals surface area (Å²) in [6, 6.07) is 0.343. The lowest BCUT2D eigenvalue weighted by molar-refractivity contribution is -0.145. The molecule has 0 aromatic heterocycles. The molecule has 0 aromatic rings. The van der Waals surface area contributed by atoms with Gasteiger partial charge in [-0.25, -0.2) is 0 Å². The van der Waals surface area contributed by atoms with Crippen molar-refractivity contribution in [2.24, 2.45) is 0 Å². The number of hydrogen-bond donors (Lipinski definition) is 2. The fourth-order valence-electron chi connectivity index (χ4n) is 2.42. The molecule has 17 heavy (non-hydrogen) atoms. The number of aliphatic carboxylic acids is 1. The number of carboxylic acid groups (broad SMARTS) is 1. The molecule has 4 nitrogen and oxygen atoms in total. The van der Waals surface area contributed by atoms with Crippen molar-refractivity contribution in [2.45, 2.75) is 63.5 Å². The van der Waals surface area contributed by atoms with Gasteiger partial charge in [0.15, 0.2) is 0 Å². The normalized spacial score (nSPS) is 21.8. The second kappa shape index (κ2) is 6.97. The minimum atomic E-state index is -0.856. The number of ether oxygens (including phenoxy) is 1. The molecule has 1 unspecified atom stereocenters. The number of rotatable bonds is 6. The molecule has 0 aliphatic heterocycles. The number of nitrogens with one attached hydrogen (secondary N) is 1. The average molecular weight is 243 g/mol. The van der Waals surface area contributed by atoms with E-state index in [4.69, 9.17) is 4.74 Å². The van der Waals surface area contributed by atoms with Gasteiger partial charge in [0.1, 0.15) is 5.54 Å². The lowest BCUT2D eigenvalue weighted by Crippen LogP contribution is -2.54. The molecule has 1 aliphatic carbocycles. The summed E-state index contributed by atoms with van der Waals surface area (Å²) in [5.74, 6) is -0.779. The van der Waals surface area contributed by atoms with Crippen molar-refractivity contribution in [1.82, 2.24) is 5.32 Å². The molecular weight excluding hydrogens is 218 g/mol. The van der Waals surface area contributed by atoms with E-state index in [9.17, 15) is 9.90 Å². The molecule has 0 radical (unpaired) electrons. The highest BCUT2D eigenvalue weighted by atomic mass is 16.5. The van der Waals surface area contributed by atoms with Crippen LogP contribution in [0.25, 0.3) is 0 Å². The van der Waals surface area contributed by atoms with Crippen LogP contribution in [0.1, 0.15) is 51.9 Å². The summed E-state index contributed by atoms with van der Waals surface area (Å²) in [5, 5.41) is 12.7. The smallest absolute Gasteiger partial charge is 0.323 e. The second-order valence-corrected chi connectivity index (χ2v) is 5.21. The highest BCUT2D eigenvalue weighted by molar-refractivity contribution is 5.78. The largest absolute Gasteiger partial charge is 0.480 e. The van der Waals surface area contributed by atoms with E-state index in [0.717, 1.165) is 12.8 Å². The Balaban J connectivity index is 2.54. The quantitative estimate of drug-likeness (QED) is 0.702. The minimum absolute atomic E-state index is 0.343. The Morgan fingerprint density at radius 3 is 2.41 bits per heavy atom. The average Bonchev–Trinajstić information content (AvgIpc) is 2.54. The zero-order chi connectivity index (χ0) is 12.7. The molecule has 0 amide bonds. The van der Waals surface area contributed by atoms with Gasteiger partial charge < -0.3 is 9.84 Å². The van der Waals surface area contributed by atoms with Gasteiger partial charge in [-0.1, -0.05) is 25.7 Å². The van der Waals surface area contributed by atoms with Crippen LogP contribution in [0.5, 0.6) is 0 Å². The summed E-state index contributed by atoms with van der Waals surface area (Å²) in [4.78, 5) is 11.4. The molecule has 1 atom stereocenters. The maximum atomic E-state index is 11.4. The van der Waals surface area contributed by atoms with Gasteiger partial charge in [0.05, 0.1) is 0 Å². The summed E-state index contributed by atoms with van der Waals surface area (Å²) >= 11 is 0. The van der Waals surface area contributed by atoms with Crippen molar-refractivity contribution in [1.29, 1.82) is 0 Å². The fraction of sp³-hybridized carbons (Fsp3) is 0.923. The first kappa shape index (κ1) is 14.5. The Morgan fingerprint density at radius 2 is 1.94 bits per heavy atom. The molecular formula is C13H25NO3. The monoisotopic (exact) mass is 243 g/mol. The van der Waals surface area contributed by atoms with Crippen molar-refractivity contribution in [3.05, 3.63) is 0 Å². The molecule has 0 bridgehead atoms. The Bertz CT molecular complexity index is 237. The summed E-state index contributed by atoms with van der Waals surface area (Å²) in [7, 11) is 1.61. The fourth-order valence-corrected chi connectivity index (χ4v) is 2.42. The summed E-state index contributed by atoms with van der Waals surface area (Å²) < 4.78 is 5.00. The van der Waals surface area contributed by atoms with Crippen LogP contribution in [0.2, 0.25) is 0 Å². The van der Waals surface area contributed by atoms with Crippen molar-refractivity contribution in [2.75, 3.05) is 13.7 Å². The molecule has 1 saturated carbocycles. The van der Waals surface area contributed by atoms with Crippen molar-refractivity contribution in [3.8, 4) is 0 Å². The van der Waals surface area contributed by atoms with Crippen LogP contribution in [0.4, 0.5) is 0 Å².